The van der Waals surface area contributed by atoms with Gasteiger partial charge in [-0.2, -0.15) is 0 Å². The van der Waals surface area contributed by atoms with Crippen LogP contribution in [0.2, 0.25) is 10.0 Å². The molecule has 2 aromatic rings. The molecule has 1 aromatic heterocycles. The van der Waals surface area contributed by atoms with Gasteiger partial charge in [0.1, 0.15) is 11.5 Å². The number of hydrogen-bond donors (Lipinski definition) is 1. The first-order valence-electron chi connectivity index (χ1n) is 4.89. The first-order valence-corrected chi connectivity index (χ1v) is 5.65. The molecule has 0 saturated carbocycles. The van der Waals surface area contributed by atoms with Crippen LogP contribution >= 0.6 is 23.2 Å². The molecule has 2 nitrogen and oxygen atoms in total. The van der Waals surface area contributed by atoms with E-state index in [4.69, 9.17) is 27.6 Å². The van der Waals surface area contributed by atoms with Crippen molar-refractivity contribution in [3.8, 4) is 0 Å². The maximum Gasteiger partial charge on any atom is 0.123 e. The van der Waals surface area contributed by atoms with E-state index in [9.17, 15) is 0 Å². The minimum atomic E-state index is 0.591. The molecule has 0 radical (unpaired) electrons. The summed E-state index contributed by atoms with van der Waals surface area (Å²) in [7, 11) is 0. The SMILES string of the molecule is Cc1ccc(CNc2cc(Cl)ccc2Cl)o1. The van der Waals surface area contributed by atoms with Crippen molar-refractivity contribution in [2.75, 3.05) is 5.32 Å². The molecule has 0 fully saturated rings. The summed E-state index contributed by atoms with van der Waals surface area (Å²) >= 11 is 11.9. The maximum absolute atomic E-state index is 6.02. The molecule has 0 aliphatic carbocycles. The Labute approximate surface area is 104 Å². The molecular formula is C12H11Cl2NO. The molecule has 84 valence electrons. The molecule has 0 atom stereocenters. The Morgan fingerprint density at radius 1 is 1.19 bits per heavy atom. The lowest BCUT2D eigenvalue weighted by atomic mass is 10.3. The minimum Gasteiger partial charge on any atom is -0.465 e. The first kappa shape index (κ1) is 11.4. The monoisotopic (exact) mass is 255 g/mol. The largest absolute Gasteiger partial charge is 0.465 e. The molecule has 0 saturated heterocycles. The quantitative estimate of drug-likeness (QED) is 0.874. The highest BCUT2D eigenvalue weighted by Crippen LogP contribution is 2.25. The summed E-state index contributed by atoms with van der Waals surface area (Å²) in [5, 5.41) is 4.47. The molecule has 0 aliphatic rings. The number of benzene rings is 1. The van der Waals surface area contributed by atoms with Crippen LogP contribution in [0.3, 0.4) is 0 Å². The third kappa shape index (κ3) is 2.71. The lowest BCUT2D eigenvalue weighted by Gasteiger charge is -2.06. The summed E-state index contributed by atoms with van der Waals surface area (Å²) in [6.07, 6.45) is 0. The van der Waals surface area contributed by atoms with Crippen LogP contribution in [-0.4, -0.2) is 0 Å². The highest BCUT2D eigenvalue weighted by atomic mass is 35.5. The van der Waals surface area contributed by atoms with Gasteiger partial charge >= 0.3 is 0 Å². The minimum absolute atomic E-state index is 0.591. The average Bonchev–Trinajstić information content (AvgIpc) is 2.66. The number of aryl methyl sites for hydroxylation is 1. The lowest BCUT2D eigenvalue weighted by Crippen LogP contribution is -1.98. The van der Waals surface area contributed by atoms with Crippen LogP contribution in [0.4, 0.5) is 5.69 Å². The van der Waals surface area contributed by atoms with E-state index < -0.39 is 0 Å². The number of furan rings is 1. The molecule has 1 N–H and O–H groups in total. The second-order valence-corrected chi connectivity index (χ2v) is 4.33. The van der Waals surface area contributed by atoms with Crippen LogP contribution in [0, 0.1) is 6.92 Å². The lowest BCUT2D eigenvalue weighted by molar-refractivity contribution is 0.490. The fourth-order valence-electron chi connectivity index (χ4n) is 1.40. The molecule has 0 bridgehead atoms. The number of hydrogen-bond acceptors (Lipinski definition) is 2. The molecular weight excluding hydrogens is 245 g/mol. The fourth-order valence-corrected chi connectivity index (χ4v) is 1.75. The van der Waals surface area contributed by atoms with Gasteiger partial charge < -0.3 is 9.73 Å². The van der Waals surface area contributed by atoms with Crippen molar-refractivity contribution >= 4 is 28.9 Å². The smallest absolute Gasteiger partial charge is 0.123 e. The van der Waals surface area contributed by atoms with Crippen molar-refractivity contribution < 1.29 is 4.42 Å². The van der Waals surface area contributed by atoms with E-state index in [-0.39, 0.29) is 0 Å². The third-order valence-electron chi connectivity index (χ3n) is 2.18. The summed E-state index contributed by atoms with van der Waals surface area (Å²) in [6.45, 7) is 2.50. The number of halogens is 2. The molecule has 4 heteroatoms. The molecule has 0 amide bonds. The molecule has 0 aliphatic heterocycles. The van der Waals surface area contributed by atoms with Crippen molar-refractivity contribution in [1.82, 2.24) is 0 Å². The summed E-state index contributed by atoms with van der Waals surface area (Å²) in [4.78, 5) is 0. The predicted octanol–water partition coefficient (Wildman–Crippen LogP) is 4.51. The Morgan fingerprint density at radius 3 is 2.69 bits per heavy atom. The van der Waals surface area contributed by atoms with Gasteiger partial charge in [-0.1, -0.05) is 23.2 Å². The van der Waals surface area contributed by atoms with Gasteiger partial charge in [0.05, 0.1) is 17.3 Å². The topological polar surface area (TPSA) is 25.2 Å². The van der Waals surface area contributed by atoms with Crippen molar-refractivity contribution in [2.24, 2.45) is 0 Å². The molecule has 0 spiro atoms. The van der Waals surface area contributed by atoms with Crippen LogP contribution in [0.1, 0.15) is 11.5 Å². The molecule has 0 unspecified atom stereocenters. The Morgan fingerprint density at radius 2 is 2.00 bits per heavy atom. The van der Waals surface area contributed by atoms with Crippen molar-refractivity contribution in [2.45, 2.75) is 13.5 Å². The van der Waals surface area contributed by atoms with Crippen molar-refractivity contribution in [1.29, 1.82) is 0 Å². The third-order valence-corrected chi connectivity index (χ3v) is 2.74. The number of nitrogens with one attached hydrogen (secondary N) is 1. The zero-order valence-electron chi connectivity index (χ0n) is 8.76. The zero-order chi connectivity index (χ0) is 11.5. The number of rotatable bonds is 3. The second kappa shape index (κ2) is 4.81. The van der Waals surface area contributed by atoms with Gasteiger partial charge in [0.25, 0.3) is 0 Å². The summed E-state index contributed by atoms with van der Waals surface area (Å²) in [6, 6.07) is 9.17. The first-order chi connectivity index (χ1) is 7.65. The number of anilines is 1. The van der Waals surface area contributed by atoms with Gasteiger partial charge in [-0.15, -0.1) is 0 Å². The van der Waals surface area contributed by atoms with Crippen molar-refractivity contribution in [3.63, 3.8) is 0 Å². The Kier molecular flexibility index (Phi) is 3.42. The van der Waals surface area contributed by atoms with E-state index >= 15 is 0 Å². The van der Waals surface area contributed by atoms with E-state index in [1.807, 2.05) is 19.1 Å². The van der Waals surface area contributed by atoms with E-state index in [1.165, 1.54) is 0 Å². The predicted molar refractivity (Wildman–Crippen MR) is 67.2 cm³/mol. The highest BCUT2D eigenvalue weighted by Gasteiger charge is 2.02. The molecule has 1 heterocycles. The van der Waals surface area contributed by atoms with Gasteiger partial charge in [0.15, 0.2) is 0 Å². The maximum atomic E-state index is 6.02. The van der Waals surface area contributed by atoms with Crippen LogP contribution in [0.15, 0.2) is 34.7 Å². The van der Waals surface area contributed by atoms with E-state index in [1.54, 1.807) is 18.2 Å². The molecule has 2 rings (SSSR count). The summed E-state index contributed by atoms with van der Waals surface area (Å²) in [5.74, 6) is 1.77. The zero-order valence-corrected chi connectivity index (χ0v) is 10.3. The Balaban J connectivity index is 2.07. The van der Waals surface area contributed by atoms with Crippen LogP contribution < -0.4 is 5.32 Å². The fraction of sp³-hybridized carbons (Fsp3) is 0.167. The van der Waals surface area contributed by atoms with Gasteiger partial charge in [0, 0.05) is 5.02 Å². The summed E-state index contributed by atoms with van der Waals surface area (Å²) < 4.78 is 5.44. The standard InChI is InChI=1S/C12H11Cl2NO/c1-8-2-4-10(16-8)7-15-12-6-9(13)3-5-11(12)14/h2-6,15H,7H2,1H3. The average molecular weight is 256 g/mol. The van der Waals surface area contributed by atoms with Gasteiger partial charge in [-0.3, -0.25) is 0 Å². The second-order valence-electron chi connectivity index (χ2n) is 3.49. The Hall–Kier alpha value is -1.12. The van der Waals surface area contributed by atoms with Gasteiger partial charge in [-0.25, -0.2) is 0 Å². The van der Waals surface area contributed by atoms with Crippen LogP contribution in [-0.2, 0) is 6.54 Å². The molecule has 1 aromatic carbocycles. The molecule has 16 heavy (non-hydrogen) atoms. The van der Waals surface area contributed by atoms with Crippen LogP contribution in [0.25, 0.3) is 0 Å². The van der Waals surface area contributed by atoms with E-state index in [0.29, 0.717) is 16.6 Å². The Bertz CT molecular complexity index is 494. The van der Waals surface area contributed by atoms with Gasteiger partial charge in [0.2, 0.25) is 0 Å². The van der Waals surface area contributed by atoms with E-state index in [2.05, 4.69) is 5.32 Å². The highest BCUT2D eigenvalue weighted by molar-refractivity contribution is 6.35. The van der Waals surface area contributed by atoms with Crippen LogP contribution in [0.5, 0.6) is 0 Å². The van der Waals surface area contributed by atoms with Gasteiger partial charge in [-0.05, 0) is 37.3 Å². The summed E-state index contributed by atoms with van der Waals surface area (Å²) in [5.41, 5.74) is 0.809. The van der Waals surface area contributed by atoms with E-state index in [0.717, 1.165) is 17.2 Å². The normalized spacial score (nSPS) is 10.4. The van der Waals surface area contributed by atoms with Crippen molar-refractivity contribution in [3.05, 3.63) is 51.9 Å².